The van der Waals surface area contributed by atoms with Gasteiger partial charge in [-0.1, -0.05) is 36.4 Å². The van der Waals surface area contributed by atoms with Gasteiger partial charge in [0, 0.05) is 12.3 Å². The Morgan fingerprint density at radius 2 is 1.75 bits per heavy atom. The maximum Gasteiger partial charge on any atom is 0.251 e. The Hall–Kier alpha value is -1.83. The van der Waals surface area contributed by atoms with Crippen LogP contribution in [-0.2, 0) is 0 Å². The molecule has 0 saturated carbocycles. The Labute approximate surface area is 95.2 Å². The van der Waals surface area contributed by atoms with Gasteiger partial charge >= 0.3 is 0 Å². The van der Waals surface area contributed by atoms with Gasteiger partial charge in [0.25, 0.3) is 5.56 Å². The van der Waals surface area contributed by atoms with Crippen LogP contribution in [0.2, 0.25) is 0 Å². The van der Waals surface area contributed by atoms with Gasteiger partial charge in [0.05, 0.1) is 6.04 Å². The van der Waals surface area contributed by atoms with Crippen molar-refractivity contribution in [3.8, 4) is 0 Å². The first kappa shape index (κ1) is 10.7. The van der Waals surface area contributed by atoms with Crippen molar-refractivity contribution in [2.75, 3.05) is 0 Å². The molecule has 0 aliphatic rings. The quantitative estimate of drug-likeness (QED) is 0.751. The molecule has 0 saturated heterocycles. The SMILES string of the molecule is Cc1ccc(=O)n(C(C)c2ccccc2)c1. The van der Waals surface area contributed by atoms with Crippen LogP contribution in [0.5, 0.6) is 0 Å². The normalized spacial score (nSPS) is 12.4. The van der Waals surface area contributed by atoms with Crippen molar-refractivity contribution in [3.05, 3.63) is 70.1 Å². The van der Waals surface area contributed by atoms with E-state index in [1.54, 1.807) is 10.6 Å². The molecule has 0 fully saturated rings. The van der Waals surface area contributed by atoms with E-state index >= 15 is 0 Å². The smallest absolute Gasteiger partial charge is 0.251 e. The Kier molecular flexibility index (Phi) is 2.91. The molecule has 1 atom stereocenters. The minimum absolute atomic E-state index is 0.0435. The van der Waals surface area contributed by atoms with Gasteiger partial charge < -0.3 is 4.57 Å². The Bertz CT molecular complexity index is 528. The summed E-state index contributed by atoms with van der Waals surface area (Å²) in [5.41, 5.74) is 2.29. The first-order valence-electron chi connectivity index (χ1n) is 5.42. The third kappa shape index (κ3) is 2.06. The van der Waals surface area contributed by atoms with Crippen LogP contribution < -0.4 is 5.56 Å². The van der Waals surface area contributed by atoms with Gasteiger partial charge in [-0.15, -0.1) is 0 Å². The largest absolute Gasteiger partial charge is 0.308 e. The standard InChI is InChI=1S/C14H15NO/c1-11-8-9-14(16)15(10-11)12(2)13-6-4-3-5-7-13/h3-10,12H,1-2H3. The molecule has 1 heterocycles. The number of pyridine rings is 1. The lowest BCUT2D eigenvalue weighted by Gasteiger charge is -2.15. The number of benzene rings is 1. The van der Waals surface area contributed by atoms with Gasteiger partial charge in [-0.25, -0.2) is 0 Å². The monoisotopic (exact) mass is 213 g/mol. The number of aromatic nitrogens is 1. The summed E-state index contributed by atoms with van der Waals surface area (Å²) < 4.78 is 1.77. The molecule has 2 heteroatoms. The Morgan fingerprint density at radius 1 is 1.06 bits per heavy atom. The highest BCUT2D eigenvalue weighted by Crippen LogP contribution is 2.15. The van der Waals surface area contributed by atoms with Crippen LogP contribution in [0.15, 0.2) is 53.5 Å². The molecule has 2 nitrogen and oxygen atoms in total. The summed E-state index contributed by atoms with van der Waals surface area (Å²) in [7, 11) is 0. The average Bonchev–Trinajstić information content (AvgIpc) is 2.32. The molecule has 0 bridgehead atoms. The predicted octanol–water partition coefficient (Wildman–Crippen LogP) is 2.77. The van der Waals surface area contributed by atoms with E-state index in [1.165, 1.54) is 0 Å². The summed E-state index contributed by atoms with van der Waals surface area (Å²) in [5.74, 6) is 0. The second-order valence-corrected chi connectivity index (χ2v) is 4.04. The summed E-state index contributed by atoms with van der Waals surface area (Å²) in [6.45, 7) is 4.03. The lowest BCUT2D eigenvalue weighted by atomic mass is 10.1. The van der Waals surface area contributed by atoms with Gasteiger partial charge in [-0.05, 0) is 25.0 Å². The van der Waals surface area contributed by atoms with E-state index in [1.807, 2.05) is 56.4 Å². The summed E-state index contributed by atoms with van der Waals surface area (Å²) >= 11 is 0. The second kappa shape index (κ2) is 4.35. The summed E-state index contributed by atoms with van der Waals surface area (Å²) in [5, 5.41) is 0. The fourth-order valence-electron chi connectivity index (χ4n) is 1.81. The highest BCUT2D eigenvalue weighted by Gasteiger charge is 2.08. The van der Waals surface area contributed by atoms with Crippen LogP contribution in [0.4, 0.5) is 0 Å². The van der Waals surface area contributed by atoms with Crippen molar-refractivity contribution in [1.82, 2.24) is 4.57 Å². The summed E-state index contributed by atoms with van der Waals surface area (Å²) in [6.07, 6.45) is 1.90. The molecule has 0 aliphatic heterocycles. The van der Waals surface area contributed by atoms with Crippen molar-refractivity contribution in [3.63, 3.8) is 0 Å². The number of rotatable bonds is 2. The molecule has 2 rings (SSSR count). The van der Waals surface area contributed by atoms with Gasteiger partial charge in [0.15, 0.2) is 0 Å². The van der Waals surface area contributed by atoms with Crippen LogP contribution in [0.25, 0.3) is 0 Å². The molecule has 0 radical (unpaired) electrons. The molecular formula is C14H15NO. The number of hydrogen-bond acceptors (Lipinski definition) is 1. The van der Waals surface area contributed by atoms with Gasteiger partial charge in [-0.2, -0.15) is 0 Å². The molecule has 0 N–H and O–H groups in total. The molecule has 0 spiro atoms. The molecular weight excluding hydrogens is 198 g/mol. The predicted molar refractivity (Wildman–Crippen MR) is 65.7 cm³/mol. The molecule has 1 unspecified atom stereocenters. The first-order chi connectivity index (χ1) is 7.68. The van der Waals surface area contributed by atoms with Crippen molar-refractivity contribution >= 4 is 0 Å². The van der Waals surface area contributed by atoms with Crippen molar-refractivity contribution in [2.24, 2.45) is 0 Å². The zero-order chi connectivity index (χ0) is 11.5. The van der Waals surface area contributed by atoms with Gasteiger partial charge in [0.2, 0.25) is 0 Å². The number of nitrogens with zero attached hydrogens (tertiary/aromatic N) is 1. The topological polar surface area (TPSA) is 22.0 Å². The van der Waals surface area contributed by atoms with E-state index in [-0.39, 0.29) is 11.6 Å². The number of aryl methyl sites for hydroxylation is 1. The molecule has 1 aromatic carbocycles. The van der Waals surface area contributed by atoms with E-state index in [2.05, 4.69) is 0 Å². The summed E-state index contributed by atoms with van der Waals surface area (Å²) in [4.78, 5) is 11.7. The van der Waals surface area contributed by atoms with Crippen LogP contribution in [0, 0.1) is 6.92 Å². The van der Waals surface area contributed by atoms with Gasteiger partial charge in [0.1, 0.15) is 0 Å². The van der Waals surface area contributed by atoms with Crippen LogP contribution in [0.3, 0.4) is 0 Å². The molecule has 0 amide bonds. The second-order valence-electron chi connectivity index (χ2n) is 4.04. The van der Waals surface area contributed by atoms with Crippen molar-refractivity contribution < 1.29 is 0 Å². The van der Waals surface area contributed by atoms with E-state index < -0.39 is 0 Å². The molecule has 16 heavy (non-hydrogen) atoms. The zero-order valence-corrected chi connectivity index (χ0v) is 9.55. The maximum absolute atomic E-state index is 11.7. The van der Waals surface area contributed by atoms with Gasteiger partial charge in [-0.3, -0.25) is 4.79 Å². The third-order valence-electron chi connectivity index (χ3n) is 2.79. The van der Waals surface area contributed by atoms with Crippen LogP contribution >= 0.6 is 0 Å². The highest BCUT2D eigenvalue weighted by molar-refractivity contribution is 5.20. The van der Waals surface area contributed by atoms with E-state index in [0.717, 1.165) is 11.1 Å². The molecule has 0 aliphatic carbocycles. The van der Waals surface area contributed by atoms with E-state index in [9.17, 15) is 4.79 Å². The molecule has 1 aromatic heterocycles. The van der Waals surface area contributed by atoms with E-state index in [4.69, 9.17) is 0 Å². The van der Waals surface area contributed by atoms with E-state index in [0.29, 0.717) is 0 Å². The molecule has 82 valence electrons. The lowest BCUT2D eigenvalue weighted by molar-refractivity contribution is 0.612. The van der Waals surface area contributed by atoms with Crippen LogP contribution in [-0.4, -0.2) is 4.57 Å². The van der Waals surface area contributed by atoms with Crippen molar-refractivity contribution in [1.29, 1.82) is 0 Å². The maximum atomic E-state index is 11.7. The minimum atomic E-state index is 0.0435. The number of hydrogen-bond donors (Lipinski definition) is 0. The Balaban J connectivity index is 2.45. The fourth-order valence-corrected chi connectivity index (χ4v) is 1.81. The zero-order valence-electron chi connectivity index (χ0n) is 9.55. The van der Waals surface area contributed by atoms with Crippen LogP contribution in [0.1, 0.15) is 24.1 Å². The lowest BCUT2D eigenvalue weighted by Crippen LogP contribution is -2.22. The summed E-state index contributed by atoms with van der Waals surface area (Å²) in [6, 6.07) is 13.6. The minimum Gasteiger partial charge on any atom is -0.308 e. The first-order valence-corrected chi connectivity index (χ1v) is 5.42. The average molecular weight is 213 g/mol. The van der Waals surface area contributed by atoms with Crippen molar-refractivity contribution in [2.45, 2.75) is 19.9 Å². The Morgan fingerprint density at radius 3 is 2.44 bits per heavy atom. The fraction of sp³-hybridized carbons (Fsp3) is 0.214. The molecule has 2 aromatic rings. The third-order valence-corrected chi connectivity index (χ3v) is 2.79. The highest BCUT2D eigenvalue weighted by atomic mass is 16.1.